The molecule has 0 radical (unpaired) electrons. The van der Waals surface area contributed by atoms with Crippen molar-refractivity contribution in [2.24, 2.45) is 0 Å². The molecule has 17 heavy (non-hydrogen) atoms. The van der Waals surface area contributed by atoms with Crippen molar-refractivity contribution in [2.75, 3.05) is 13.1 Å². The van der Waals surface area contributed by atoms with Crippen LogP contribution in [0.4, 0.5) is 0 Å². The van der Waals surface area contributed by atoms with Crippen molar-refractivity contribution in [2.45, 2.75) is 16.7 Å². The van der Waals surface area contributed by atoms with E-state index >= 15 is 0 Å². The molecule has 5 nitrogen and oxygen atoms in total. The minimum absolute atomic E-state index is 0.206. The summed E-state index contributed by atoms with van der Waals surface area (Å²) in [6, 6.07) is 2.82. The second kappa shape index (κ2) is 4.82. The molecule has 1 atom stereocenters. The van der Waals surface area contributed by atoms with Gasteiger partial charge in [-0.05, 0) is 18.6 Å². The summed E-state index contributed by atoms with van der Waals surface area (Å²) in [7, 11) is -3.51. The summed E-state index contributed by atoms with van der Waals surface area (Å²) in [4.78, 5) is 1.54. The molecular formula is C9H10ClN3O2S2. The summed E-state index contributed by atoms with van der Waals surface area (Å²) in [5.41, 5.74) is 0. The average Bonchev–Trinajstić information content (AvgIpc) is 2.86. The van der Waals surface area contributed by atoms with Gasteiger partial charge in [-0.15, -0.1) is 11.3 Å². The van der Waals surface area contributed by atoms with E-state index < -0.39 is 10.0 Å². The first-order valence-corrected chi connectivity index (χ1v) is 7.61. The molecule has 92 valence electrons. The van der Waals surface area contributed by atoms with Gasteiger partial charge in [0.05, 0.1) is 4.34 Å². The van der Waals surface area contributed by atoms with E-state index in [9.17, 15) is 8.42 Å². The van der Waals surface area contributed by atoms with Crippen molar-refractivity contribution in [3.05, 3.63) is 16.5 Å². The molecule has 1 fully saturated rings. The van der Waals surface area contributed by atoms with E-state index in [1.165, 1.54) is 11.0 Å². The molecule has 0 amide bonds. The molecule has 0 aliphatic carbocycles. The topological polar surface area (TPSA) is 73.2 Å². The fraction of sp³-hybridized carbons (Fsp3) is 0.444. The van der Waals surface area contributed by atoms with Gasteiger partial charge in [0.25, 0.3) is 0 Å². The highest BCUT2D eigenvalue weighted by Crippen LogP contribution is 2.26. The smallest absolute Gasteiger partial charge is 0.250 e. The molecule has 8 heteroatoms. The van der Waals surface area contributed by atoms with E-state index in [0.717, 1.165) is 11.3 Å². The summed E-state index contributed by atoms with van der Waals surface area (Å²) in [6.07, 6.45) is 2.65. The van der Waals surface area contributed by atoms with Gasteiger partial charge < -0.3 is 4.90 Å². The zero-order valence-electron chi connectivity index (χ0n) is 8.76. The minimum atomic E-state index is -3.51. The van der Waals surface area contributed by atoms with Crippen molar-refractivity contribution in [1.29, 1.82) is 5.26 Å². The Kier molecular flexibility index (Phi) is 3.58. The van der Waals surface area contributed by atoms with Gasteiger partial charge in [0.15, 0.2) is 6.19 Å². The third-order valence-electron chi connectivity index (χ3n) is 2.46. The van der Waals surface area contributed by atoms with Crippen molar-refractivity contribution in [3.8, 4) is 6.19 Å². The first-order valence-electron chi connectivity index (χ1n) is 4.93. The van der Waals surface area contributed by atoms with Crippen molar-refractivity contribution >= 4 is 33.0 Å². The molecule has 0 spiro atoms. The van der Waals surface area contributed by atoms with Crippen LogP contribution in [0.5, 0.6) is 0 Å². The molecule has 0 bridgehead atoms. The monoisotopic (exact) mass is 291 g/mol. The summed E-state index contributed by atoms with van der Waals surface area (Å²) in [6.45, 7) is 1.02. The van der Waals surface area contributed by atoms with Crippen molar-refractivity contribution < 1.29 is 8.42 Å². The number of nitriles is 1. The first kappa shape index (κ1) is 12.6. The second-order valence-corrected chi connectivity index (χ2v) is 7.37. The Morgan fingerprint density at radius 2 is 2.35 bits per heavy atom. The Morgan fingerprint density at radius 1 is 1.59 bits per heavy atom. The van der Waals surface area contributed by atoms with Crippen LogP contribution in [0.2, 0.25) is 4.34 Å². The van der Waals surface area contributed by atoms with E-state index in [1.54, 1.807) is 6.07 Å². The standard InChI is InChI=1S/C9H10ClN3O2S2/c10-8-1-2-9(16-8)17(14,15)12-7-3-4-13(5-7)6-11/h1-2,7,12H,3-5H2. The maximum absolute atomic E-state index is 11.9. The number of nitrogens with zero attached hydrogens (tertiary/aromatic N) is 2. The van der Waals surface area contributed by atoms with Crippen LogP contribution in [0.25, 0.3) is 0 Å². The number of hydrogen-bond acceptors (Lipinski definition) is 5. The lowest BCUT2D eigenvalue weighted by atomic mass is 10.3. The second-order valence-electron chi connectivity index (χ2n) is 3.71. The largest absolute Gasteiger partial charge is 0.309 e. The Hall–Kier alpha value is -0.810. The Morgan fingerprint density at radius 3 is 2.88 bits per heavy atom. The fourth-order valence-electron chi connectivity index (χ4n) is 1.67. The minimum Gasteiger partial charge on any atom is -0.309 e. The van der Waals surface area contributed by atoms with E-state index in [-0.39, 0.29) is 10.3 Å². The van der Waals surface area contributed by atoms with Crippen LogP contribution in [0.3, 0.4) is 0 Å². The van der Waals surface area contributed by atoms with Crippen LogP contribution in [0.1, 0.15) is 6.42 Å². The maximum atomic E-state index is 11.9. The molecule has 1 N–H and O–H groups in total. The number of hydrogen-bond donors (Lipinski definition) is 1. The number of nitrogens with one attached hydrogen (secondary N) is 1. The van der Waals surface area contributed by atoms with E-state index in [2.05, 4.69) is 4.72 Å². The van der Waals surface area contributed by atoms with Crippen LogP contribution in [0.15, 0.2) is 16.3 Å². The highest BCUT2D eigenvalue weighted by Gasteiger charge is 2.27. The molecule has 2 rings (SSSR count). The molecule has 1 aromatic heterocycles. The summed E-state index contributed by atoms with van der Waals surface area (Å²) >= 11 is 6.72. The van der Waals surface area contributed by atoms with Gasteiger partial charge in [-0.25, -0.2) is 13.1 Å². The van der Waals surface area contributed by atoms with E-state index in [0.29, 0.717) is 23.8 Å². The highest BCUT2D eigenvalue weighted by molar-refractivity contribution is 7.91. The number of rotatable bonds is 3. The molecule has 1 aromatic rings. The first-order chi connectivity index (χ1) is 8.01. The number of thiophene rings is 1. The van der Waals surface area contributed by atoms with E-state index in [1.807, 2.05) is 6.19 Å². The van der Waals surface area contributed by atoms with Crippen molar-refractivity contribution in [3.63, 3.8) is 0 Å². The quantitative estimate of drug-likeness (QED) is 0.850. The van der Waals surface area contributed by atoms with Gasteiger partial charge in [-0.2, -0.15) is 5.26 Å². The highest BCUT2D eigenvalue weighted by atomic mass is 35.5. The predicted molar refractivity (Wildman–Crippen MR) is 65.2 cm³/mol. The molecule has 2 heterocycles. The third-order valence-corrected chi connectivity index (χ3v) is 5.71. The molecule has 0 aromatic carbocycles. The molecule has 0 saturated carbocycles. The van der Waals surface area contributed by atoms with Crippen molar-refractivity contribution in [1.82, 2.24) is 9.62 Å². The van der Waals surface area contributed by atoms with Gasteiger partial charge in [-0.1, -0.05) is 11.6 Å². The van der Waals surface area contributed by atoms with E-state index in [4.69, 9.17) is 16.9 Å². The summed E-state index contributed by atoms with van der Waals surface area (Å²) in [5.74, 6) is 0. The molecule has 1 saturated heterocycles. The van der Waals surface area contributed by atoms with Gasteiger partial charge in [0.2, 0.25) is 10.0 Å². The number of halogens is 1. The zero-order chi connectivity index (χ0) is 12.5. The molecular weight excluding hydrogens is 282 g/mol. The molecule has 1 unspecified atom stereocenters. The zero-order valence-corrected chi connectivity index (χ0v) is 11.1. The summed E-state index contributed by atoms with van der Waals surface area (Å²) in [5, 5.41) is 8.69. The fourth-order valence-corrected chi connectivity index (χ4v) is 4.43. The maximum Gasteiger partial charge on any atom is 0.250 e. The van der Waals surface area contributed by atoms with Crippen LogP contribution in [-0.2, 0) is 10.0 Å². The van der Waals surface area contributed by atoms with Gasteiger partial charge in [0, 0.05) is 19.1 Å². The lowest BCUT2D eigenvalue weighted by Crippen LogP contribution is -2.36. The molecule has 1 aliphatic heterocycles. The summed E-state index contributed by atoms with van der Waals surface area (Å²) < 4.78 is 27.1. The Bertz CT molecular complexity index is 549. The SMILES string of the molecule is N#CN1CCC(NS(=O)(=O)c2ccc(Cl)s2)C1. The van der Waals surface area contributed by atoms with Gasteiger partial charge in [0.1, 0.15) is 4.21 Å². The van der Waals surface area contributed by atoms with Gasteiger partial charge in [-0.3, -0.25) is 0 Å². The lowest BCUT2D eigenvalue weighted by Gasteiger charge is -2.11. The van der Waals surface area contributed by atoms with Gasteiger partial charge >= 0.3 is 0 Å². The lowest BCUT2D eigenvalue weighted by molar-refractivity contribution is 0.470. The van der Waals surface area contributed by atoms with Crippen LogP contribution < -0.4 is 4.72 Å². The average molecular weight is 292 g/mol. The van der Waals surface area contributed by atoms with Crippen LogP contribution in [0, 0.1) is 11.5 Å². The predicted octanol–water partition coefficient (Wildman–Crippen LogP) is 1.24. The number of likely N-dealkylation sites (tertiary alicyclic amines) is 1. The normalized spacial score (nSPS) is 20.5. The van der Waals surface area contributed by atoms with Crippen LogP contribution in [-0.4, -0.2) is 32.4 Å². The molecule has 1 aliphatic rings. The Balaban J connectivity index is 2.07. The third kappa shape index (κ3) is 2.90. The Labute approximate surface area is 109 Å². The number of sulfonamides is 1. The van der Waals surface area contributed by atoms with Crippen LogP contribution >= 0.6 is 22.9 Å².